The molecule has 1 aromatic heterocycles. The first kappa shape index (κ1) is 13.7. The third-order valence-electron chi connectivity index (χ3n) is 2.70. The van der Waals surface area contributed by atoms with E-state index in [0.29, 0.717) is 18.2 Å². The maximum atomic E-state index is 5.83. The molecular formula is C15H18N2OS. The minimum atomic E-state index is 0.512. The molecule has 0 aliphatic rings. The number of nitrogens with zero attached hydrogens (tertiary/aromatic N) is 1. The second kappa shape index (κ2) is 5.97. The number of hydrogen-bond donors (Lipinski definition) is 1. The highest BCUT2D eigenvalue weighted by atomic mass is 32.2. The van der Waals surface area contributed by atoms with E-state index in [1.165, 1.54) is 16.0 Å². The van der Waals surface area contributed by atoms with Gasteiger partial charge in [-0.25, -0.2) is 4.98 Å². The fourth-order valence-corrected chi connectivity index (χ4v) is 2.64. The summed E-state index contributed by atoms with van der Waals surface area (Å²) < 4.78 is 5.42. The van der Waals surface area contributed by atoms with Gasteiger partial charge in [0.05, 0.1) is 12.3 Å². The van der Waals surface area contributed by atoms with Crippen molar-refractivity contribution >= 4 is 17.4 Å². The lowest BCUT2D eigenvalue weighted by Crippen LogP contribution is -1.99. The van der Waals surface area contributed by atoms with Gasteiger partial charge in [0, 0.05) is 4.90 Å². The SMILES string of the molecule is CCOc1nc(Sc2cc(C)ccc2C)ccc1N. The number of rotatable bonds is 4. The van der Waals surface area contributed by atoms with Gasteiger partial charge in [-0.05, 0) is 50.1 Å². The van der Waals surface area contributed by atoms with Crippen LogP contribution in [0, 0.1) is 13.8 Å². The van der Waals surface area contributed by atoms with Gasteiger partial charge in [0.15, 0.2) is 0 Å². The molecule has 0 unspecified atom stereocenters. The predicted molar refractivity (Wildman–Crippen MR) is 79.9 cm³/mol. The van der Waals surface area contributed by atoms with Gasteiger partial charge in [-0.2, -0.15) is 0 Å². The number of hydrogen-bond acceptors (Lipinski definition) is 4. The average molecular weight is 274 g/mol. The summed E-state index contributed by atoms with van der Waals surface area (Å²) in [4.78, 5) is 5.65. The summed E-state index contributed by atoms with van der Waals surface area (Å²) in [6.07, 6.45) is 0. The summed E-state index contributed by atoms with van der Waals surface area (Å²) >= 11 is 1.63. The number of benzene rings is 1. The molecule has 0 saturated heterocycles. The number of nitrogens with two attached hydrogens (primary N) is 1. The van der Waals surface area contributed by atoms with Crippen molar-refractivity contribution in [1.29, 1.82) is 0 Å². The number of anilines is 1. The van der Waals surface area contributed by atoms with Crippen molar-refractivity contribution in [2.45, 2.75) is 30.7 Å². The first-order valence-electron chi connectivity index (χ1n) is 6.24. The van der Waals surface area contributed by atoms with E-state index in [1.807, 2.05) is 19.1 Å². The largest absolute Gasteiger partial charge is 0.476 e. The first-order valence-corrected chi connectivity index (χ1v) is 7.06. The number of pyridine rings is 1. The van der Waals surface area contributed by atoms with Gasteiger partial charge in [0.2, 0.25) is 5.88 Å². The Morgan fingerprint density at radius 3 is 2.74 bits per heavy atom. The molecule has 3 nitrogen and oxygen atoms in total. The highest BCUT2D eigenvalue weighted by Crippen LogP contribution is 2.32. The van der Waals surface area contributed by atoms with E-state index < -0.39 is 0 Å². The second-order valence-corrected chi connectivity index (χ2v) is 5.41. The fourth-order valence-electron chi connectivity index (χ4n) is 1.67. The molecule has 1 heterocycles. The Morgan fingerprint density at radius 2 is 2.00 bits per heavy atom. The third kappa shape index (κ3) is 3.41. The molecule has 0 radical (unpaired) electrons. The molecule has 0 atom stereocenters. The van der Waals surface area contributed by atoms with Crippen LogP contribution in [0.5, 0.6) is 5.88 Å². The summed E-state index contributed by atoms with van der Waals surface area (Å²) in [5, 5.41) is 0.895. The van der Waals surface area contributed by atoms with E-state index in [0.717, 1.165) is 5.03 Å². The summed E-state index contributed by atoms with van der Waals surface area (Å²) in [7, 11) is 0. The zero-order valence-electron chi connectivity index (χ0n) is 11.4. The van der Waals surface area contributed by atoms with E-state index in [4.69, 9.17) is 10.5 Å². The molecule has 2 N–H and O–H groups in total. The summed E-state index contributed by atoms with van der Waals surface area (Å²) in [6.45, 7) is 6.68. The van der Waals surface area contributed by atoms with Crippen LogP contribution in [0.15, 0.2) is 40.3 Å². The molecule has 0 amide bonds. The molecule has 19 heavy (non-hydrogen) atoms. The lowest BCUT2D eigenvalue weighted by atomic mass is 10.2. The smallest absolute Gasteiger partial charge is 0.238 e. The van der Waals surface area contributed by atoms with E-state index in [2.05, 4.69) is 37.0 Å². The minimum Gasteiger partial charge on any atom is -0.476 e. The first-order chi connectivity index (χ1) is 9.10. The predicted octanol–water partition coefficient (Wildman–Crippen LogP) is 3.83. The number of ether oxygens (including phenoxy) is 1. The van der Waals surface area contributed by atoms with E-state index >= 15 is 0 Å². The van der Waals surface area contributed by atoms with Crippen LogP contribution >= 0.6 is 11.8 Å². The van der Waals surface area contributed by atoms with Gasteiger partial charge < -0.3 is 10.5 Å². The van der Waals surface area contributed by atoms with Crippen molar-refractivity contribution in [3.05, 3.63) is 41.5 Å². The highest BCUT2D eigenvalue weighted by Gasteiger charge is 2.07. The Hall–Kier alpha value is -1.68. The van der Waals surface area contributed by atoms with Gasteiger partial charge in [0.25, 0.3) is 0 Å². The van der Waals surface area contributed by atoms with Gasteiger partial charge in [-0.3, -0.25) is 0 Å². The van der Waals surface area contributed by atoms with Crippen LogP contribution in [0.2, 0.25) is 0 Å². The zero-order valence-corrected chi connectivity index (χ0v) is 12.3. The van der Waals surface area contributed by atoms with Crippen LogP contribution < -0.4 is 10.5 Å². The van der Waals surface area contributed by atoms with Gasteiger partial charge in [-0.15, -0.1) is 0 Å². The zero-order chi connectivity index (χ0) is 13.8. The van der Waals surface area contributed by atoms with Crippen LogP contribution in [0.1, 0.15) is 18.1 Å². The molecule has 2 rings (SSSR count). The molecule has 0 bridgehead atoms. The van der Waals surface area contributed by atoms with Crippen LogP contribution in [-0.4, -0.2) is 11.6 Å². The highest BCUT2D eigenvalue weighted by molar-refractivity contribution is 7.99. The van der Waals surface area contributed by atoms with E-state index in [-0.39, 0.29) is 0 Å². The minimum absolute atomic E-state index is 0.512. The normalized spacial score (nSPS) is 10.5. The second-order valence-electron chi connectivity index (χ2n) is 4.35. The van der Waals surface area contributed by atoms with Crippen molar-refractivity contribution in [1.82, 2.24) is 4.98 Å². The molecule has 1 aromatic carbocycles. The Labute approximate surface area is 118 Å². The standard InChI is InChI=1S/C15H18N2OS/c1-4-18-15-12(16)7-8-14(17-15)19-13-9-10(2)5-6-11(13)3/h5-9H,4,16H2,1-3H3. The van der Waals surface area contributed by atoms with Crippen molar-refractivity contribution < 1.29 is 4.74 Å². The van der Waals surface area contributed by atoms with Gasteiger partial charge in [0.1, 0.15) is 5.03 Å². The maximum absolute atomic E-state index is 5.83. The lowest BCUT2D eigenvalue weighted by molar-refractivity contribution is 0.326. The van der Waals surface area contributed by atoms with Gasteiger partial charge in [-0.1, -0.05) is 23.9 Å². The fraction of sp³-hybridized carbons (Fsp3) is 0.267. The Balaban J connectivity index is 2.28. The quantitative estimate of drug-likeness (QED) is 0.920. The monoisotopic (exact) mass is 274 g/mol. The molecule has 0 fully saturated rings. The molecule has 0 spiro atoms. The number of aromatic nitrogens is 1. The van der Waals surface area contributed by atoms with Crippen LogP contribution in [0.25, 0.3) is 0 Å². The van der Waals surface area contributed by atoms with Crippen molar-refractivity contribution in [3.8, 4) is 5.88 Å². The third-order valence-corrected chi connectivity index (χ3v) is 3.80. The summed E-state index contributed by atoms with van der Waals surface area (Å²) in [5.74, 6) is 0.512. The number of aryl methyl sites for hydroxylation is 2. The maximum Gasteiger partial charge on any atom is 0.238 e. The Kier molecular flexibility index (Phi) is 4.32. The van der Waals surface area contributed by atoms with Crippen molar-refractivity contribution in [2.24, 2.45) is 0 Å². The Bertz CT molecular complexity index is 584. The molecule has 4 heteroatoms. The molecule has 0 aliphatic heterocycles. The molecule has 100 valence electrons. The van der Waals surface area contributed by atoms with Crippen LogP contribution in [-0.2, 0) is 0 Å². The molecular weight excluding hydrogens is 256 g/mol. The molecule has 0 aliphatic carbocycles. The lowest BCUT2D eigenvalue weighted by Gasteiger charge is -2.09. The molecule has 0 saturated carbocycles. The number of nitrogen functional groups attached to an aromatic ring is 1. The van der Waals surface area contributed by atoms with Crippen molar-refractivity contribution in [3.63, 3.8) is 0 Å². The van der Waals surface area contributed by atoms with E-state index in [9.17, 15) is 0 Å². The van der Waals surface area contributed by atoms with Gasteiger partial charge >= 0.3 is 0 Å². The summed E-state index contributed by atoms with van der Waals surface area (Å²) in [5.41, 5.74) is 8.89. The van der Waals surface area contributed by atoms with Crippen LogP contribution in [0.4, 0.5) is 5.69 Å². The molecule has 2 aromatic rings. The average Bonchev–Trinajstić information content (AvgIpc) is 2.38. The van der Waals surface area contributed by atoms with Crippen molar-refractivity contribution in [2.75, 3.05) is 12.3 Å². The van der Waals surface area contributed by atoms with E-state index in [1.54, 1.807) is 11.8 Å². The Morgan fingerprint density at radius 1 is 1.21 bits per heavy atom. The van der Waals surface area contributed by atoms with Crippen LogP contribution in [0.3, 0.4) is 0 Å². The topological polar surface area (TPSA) is 48.1 Å². The summed E-state index contributed by atoms with van der Waals surface area (Å²) in [6, 6.07) is 10.2.